The molecule has 0 fully saturated rings. The molecule has 0 aliphatic heterocycles. The number of halogens is 2. The minimum Gasteiger partial charge on any atom is -0.378 e. The van der Waals surface area contributed by atoms with Crippen molar-refractivity contribution in [1.29, 1.82) is 0 Å². The average molecular weight is 305 g/mol. The molecule has 0 radical (unpaired) electrons. The molecule has 0 aliphatic carbocycles. The van der Waals surface area contributed by atoms with Crippen molar-refractivity contribution >= 4 is 17.4 Å². The molecule has 22 heavy (non-hydrogen) atoms. The molecule has 0 unspecified atom stereocenters. The Balaban J connectivity index is 1.91. The second-order valence-electron chi connectivity index (χ2n) is 4.99. The van der Waals surface area contributed by atoms with Crippen molar-refractivity contribution < 1.29 is 13.6 Å². The third-order valence-electron chi connectivity index (χ3n) is 3.08. The standard InChI is InChI=1S/C16H17F2N3O/c1-21(2)13-6-3-11(4-7-13)10-19-16(22)20-15-9-12(17)5-8-14(15)18/h3-9H,10H2,1-2H3,(H2,19,20,22). The van der Waals surface area contributed by atoms with Gasteiger partial charge in [-0.05, 0) is 29.8 Å². The summed E-state index contributed by atoms with van der Waals surface area (Å²) in [5, 5.41) is 4.87. The van der Waals surface area contributed by atoms with E-state index in [9.17, 15) is 13.6 Å². The molecule has 0 atom stereocenters. The van der Waals surface area contributed by atoms with Crippen LogP contribution in [0.4, 0.5) is 25.0 Å². The second kappa shape index (κ2) is 6.89. The zero-order valence-electron chi connectivity index (χ0n) is 12.4. The first-order chi connectivity index (χ1) is 10.5. The fourth-order valence-corrected chi connectivity index (χ4v) is 1.85. The normalized spacial score (nSPS) is 10.2. The number of carbonyl (C=O) groups is 1. The molecule has 2 aromatic rings. The third-order valence-corrected chi connectivity index (χ3v) is 3.08. The molecule has 2 aromatic carbocycles. The molecule has 2 N–H and O–H groups in total. The topological polar surface area (TPSA) is 44.4 Å². The van der Waals surface area contributed by atoms with Gasteiger partial charge in [-0.15, -0.1) is 0 Å². The van der Waals surface area contributed by atoms with E-state index < -0.39 is 17.7 Å². The van der Waals surface area contributed by atoms with Crippen molar-refractivity contribution in [3.63, 3.8) is 0 Å². The van der Waals surface area contributed by atoms with Crippen LogP contribution in [0.5, 0.6) is 0 Å². The van der Waals surface area contributed by atoms with Gasteiger partial charge in [0.05, 0.1) is 5.69 Å². The minimum absolute atomic E-state index is 0.194. The van der Waals surface area contributed by atoms with Gasteiger partial charge in [-0.3, -0.25) is 0 Å². The van der Waals surface area contributed by atoms with Crippen molar-refractivity contribution in [2.45, 2.75) is 6.54 Å². The van der Waals surface area contributed by atoms with E-state index in [4.69, 9.17) is 0 Å². The van der Waals surface area contributed by atoms with Crippen LogP contribution in [0, 0.1) is 11.6 Å². The Labute approximate surface area is 127 Å². The highest BCUT2D eigenvalue weighted by Gasteiger charge is 2.07. The number of hydrogen-bond acceptors (Lipinski definition) is 2. The smallest absolute Gasteiger partial charge is 0.319 e. The molecular formula is C16H17F2N3O. The van der Waals surface area contributed by atoms with Gasteiger partial charge in [0.25, 0.3) is 0 Å². The van der Waals surface area contributed by atoms with E-state index in [-0.39, 0.29) is 12.2 Å². The van der Waals surface area contributed by atoms with Gasteiger partial charge in [-0.2, -0.15) is 0 Å². The number of anilines is 2. The number of urea groups is 1. The second-order valence-corrected chi connectivity index (χ2v) is 4.99. The van der Waals surface area contributed by atoms with Crippen molar-refractivity contribution in [2.75, 3.05) is 24.3 Å². The van der Waals surface area contributed by atoms with E-state index in [1.165, 1.54) is 0 Å². The van der Waals surface area contributed by atoms with Crippen molar-refractivity contribution in [3.05, 3.63) is 59.7 Å². The average Bonchev–Trinajstić information content (AvgIpc) is 2.49. The Bertz CT molecular complexity index is 657. The van der Waals surface area contributed by atoms with E-state index in [1.807, 2.05) is 43.3 Å². The molecule has 0 bridgehead atoms. The number of nitrogens with one attached hydrogen (secondary N) is 2. The summed E-state index contributed by atoms with van der Waals surface area (Å²) in [5.41, 5.74) is 1.76. The van der Waals surface area contributed by atoms with Crippen LogP contribution in [-0.4, -0.2) is 20.1 Å². The lowest BCUT2D eigenvalue weighted by Gasteiger charge is -2.13. The predicted molar refractivity (Wildman–Crippen MR) is 83.0 cm³/mol. The SMILES string of the molecule is CN(C)c1ccc(CNC(=O)Nc2cc(F)ccc2F)cc1. The maximum Gasteiger partial charge on any atom is 0.319 e. The molecule has 0 heterocycles. The monoisotopic (exact) mass is 305 g/mol. The van der Waals surface area contributed by atoms with E-state index >= 15 is 0 Å². The zero-order valence-corrected chi connectivity index (χ0v) is 12.4. The van der Waals surface area contributed by atoms with Gasteiger partial charge in [0.15, 0.2) is 0 Å². The molecular weight excluding hydrogens is 288 g/mol. The Kier molecular flexibility index (Phi) is 4.93. The first-order valence-electron chi connectivity index (χ1n) is 6.72. The highest BCUT2D eigenvalue weighted by Crippen LogP contribution is 2.15. The lowest BCUT2D eigenvalue weighted by molar-refractivity contribution is 0.251. The van der Waals surface area contributed by atoms with E-state index in [1.54, 1.807) is 0 Å². The highest BCUT2D eigenvalue weighted by atomic mass is 19.1. The maximum absolute atomic E-state index is 13.4. The van der Waals surface area contributed by atoms with Gasteiger partial charge in [-0.25, -0.2) is 13.6 Å². The lowest BCUT2D eigenvalue weighted by atomic mass is 10.2. The van der Waals surface area contributed by atoms with Crippen LogP contribution in [0.3, 0.4) is 0 Å². The van der Waals surface area contributed by atoms with Crippen LogP contribution in [0.25, 0.3) is 0 Å². The summed E-state index contributed by atoms with van der Waals surface area (Å²) in [6.45, 7) is 0.288. The first-order valence-corrected chi connectivity index (χ1v) is 6.72. The molecule has 116 valence electrons. The number of nitrogens with zero attached hydrogens (tertiary/aromatic N) is 1. The summed E-state index contributed by atoms with van der Waals surface area (Å²) in [5.74, 6) is -1.30. The van der Waals surface area contributed by atoms with E-state index in [0.29, 0.717) is 0 Å². The third kappa shape index (κ3) is 4.18. The van der Waals surface area contributed by atoms with Gasteiger partial charge in [0.1, 0.15) is 11.6 Å². The van der Waals surface area contributed by atoms with Crippen LogP contribution in [0.15, 0.2) is 42.5 Å². The molecule has 0 aliphatic rings. The van der Waals surface area contributed by atoms with Gasteiger partial charge in [0, 0.05) is 32.4 Å². The largest absolute Gasteiger partial charge is 0.378 e. The molecule has 6 heteroatoms. The molecule has 0 aromatic heterocycles. The van der Waals surface area contributed by atoms with Gasteiger partial charge in [0.2, 0.25) is 0 Å². The number of amides is 2. The van der Waals surface area contributed by atoms with Crippen LogP contribution in [-0.2, 0) is 6.54 Å². The van der Waals surface area contributed by atoms with Gasteiger partial charge in [-0.1, -0.05) is 12.1 Å². The summed E-state index contributed by atoms with van der Waals surface area (Å²) in [7, 11) is 3.88. The Morgan fingerprint density at radius 2 is 1.77 bits per heavy atom. The Morgan fingerprint density at radius 3 is 2.41 bits per heavy atom. The van der Waals surface area contributed by atoms with Gasteiger partial charge >= 0.3 is 6.03 Å². The zero-order chi connectivity index (χ0) is 16.1. The van der Waals surface area contributed by atoms with Crippen LogP contribution >= 0.6 is 0 Å². The van der Waals surface area contributed by atoms with E-state index in [2.05, 4.69) is 10.6 Å². The summed E-state index contributed by atoms with van der Waals surface area (Å²) >= 11 is 0. The lowest BCUT2D eigenvalue weighted by Crippen LogP contribution is -2.28. The summed E-state index contributed by atoms with van der Waals surface area (Å²) in [6, 6.07) is 9.93. The molecule has 0 saturated carbocycles. The molecule has 0 saturated heterocycles. The summed E-state index contributed by atoms with van der Waals surface area (Å²) in [4.78, 5) is 13.7. The highest BCUT2D eigenvalue weighted by molar-refractivity contribution is 5.89. The first kappa shape index (κ1) is 15.8. The molecule has 2 rings (SSSR count). The number of hydrogen-bond donors (Lipinski definition) is 2. The molecule has 0 spiro atoms. The van der Waals surface area contributed by atoms with Crippen molar-refractivity contribution in [3.8, 4) is 0 Å². The quantitative estimate of drug-likeness (QED) is 0.910. The van der Waals surface area contributed by atoms with E-state index in [0.717, 1.165) is 29.4 Å². The Morgan fingerprint density at radius 1 is 1.09 bits per heavy atom. The fourth-order valence-electron chi connectivity index (χ4n) is 1.85. The van der Waals surface area contributed by atoms with Crippen LogP contribution in [0.2, 0.25) is 0 Å². The van der Waals surface area contributed by atoms with Crippen LogP contribution in [0.1, 0.15) is 5.56 Å². The van der Waals surface area contributed by atoms with Crippen LogP contribution < -0.4 is 15.5 Å². The summed E-state index contributed by atoms with van der Waals surface area (Å²) < 4.78 is 26.4. The van der Waals surface area contributed by atoms with Crippen molar-refractivity contribution in [1.82, 2.24) is 5.32 Å². The number of rotatable bonds is 4. The number of carbonyl (C=O) groups excluding carboxylic acids is 1. The maximum atomic E-state index is 13.4. The van der Waals surface area contributed by atoms with Crippen molar-refractivity contribution in [2.24, 2.45) is 0 Å². The van der Waals surface area contributed by atoms with Gasteiger partial charge < -0.3 is 15.5 Å². The predicted octanol–water partition coefficient (Wildman–Crippen LogP) is 3.35. The summed E-state index contributed by atoms with van der Waals surface area (Å²) in [6.07, 6.45) is 0. The molecule has 4 nitrogen and oxygen atoms in total. The number of benzene rings is 2. The fraction of sp³-hybridized carbons (Fsp3) is 0.188. The molecule has 2 amide bonds. The minimum atomic E-state index is -0.688. The Hall–Kier alpha value is -2.63.